The zero-order chi connectivity index (χ0) is 14.3. The van der Waals surface area contributed by atoms with E-state index < -0.39 is 5.97 Å². The van der Waals surface area contributed by atoms with Crippen LogP contribution in [-0.4, -0.2) is 28.6 Å². The predicted octanol–water partition coefficient (Wildman–Crippen LogP) is 2.47. The summed E-state index contributed by atoms with van der Waals surface area (Å²) in [6, 6.07) is 1.41. The van der Waals surface area contributed by atoms with Crippen LogP contribution in [0.3, 0.4) is 0 Å². The molecule has 0 saturated carbocycles. The molecule has 3 N–H and O–H groups in total. The van der Waals surface area contributed by atoms with Crippen LogP contribution < -0.4 is 10.6 Å². The number of nitrogens with zero attached hydrogens (tertiary/aromatic N) is 1. The zero-order valence-corrected chi connectivity index (χ0v) is 12.1. The topological polar surface area (TPSA) is 91.3 Å². The number of carboxylic acids is 1. The van der Waals surface area contributed by atoms with Gasteiger partial charge in [-0.1, -0.05) is 6.92 Å². The maximum atomic E-state index is 11.6. The molecule has 2 amide bonds. The van der Waals surface area contributed by atoms with E-state index >= 15 is 0 Å². The van der Waals surface area contributed by atoms with Gasteiger partial charge in [-0.05, 0) is 34.3 Å². The van der Waals surface area contributed by atoms with Gasteiger partial charge in [0.25, 0.3) is 0 Å². The van der Waals surface area contributed by atoms with Crippen LogP contribution in [0.2, 0.25) is 0 Å². The van der Waals surface area contributed by atoms with Crippen LogP contribution >= 0.6 is 15.9 Å². The lowest BCUT2D eigenvalue weighted by molar-refractivity contribution is -0.137. The molecular formula is C12H16BrN3O3. The SMILES string of the molecule is CC(CCC(=O)O)CNC(=O)Nc1cncc(Br)c1. The van der Waals surface area contributed by atoms with Gasteiger partial charge in [-0.2, -0.15) is 0 Å². The number of amides is 2. The normalized spacial score (nSPS) is 11.7. The number of carbonyl (C=O) groups is 2. The van der Waals surface area contributed by atoms with Crippen LogP contribution in [0.5, 0.6) is 0 Å². The highest BCUT2D eigenvalue weighted by molar-refractivity contribution is 9.10. The van der Waals surface area contributed by atoms with Crippen molar-refractivity contribution >= 4 is 33.6 Å². The van der Waals surface area contributed by atoms with Crippen LogP contribution in [0.15, 0.2) is 22.9 Å². The summed E-state index contributed by atoms with van der Waals surface area (Å²) in [6.07, 6.45) is 3.81. The molecule has 1 heterocycles. The van der Waals surface area contributed by atoms with E-state index in [0.29, 0.717) is 18.7 Å². The number of hydrogen-bond acceptors (Lipinski definition) is 3. The molecule has 0 spiro atoms. The number of urea groups is 1. The molecule has 0 aromatic carbocycles. The minimum atomic E-state index is -0.823. The van der Waals surface area contributed by atoms with Gasteiger partial charge in [-0.25, -0.2) is 4.79 Å². The van der Waals surface area contributed by atoms with Crippen molar-refractivity contribution in [2.24, 2.45) is 5.92 Å². The second-order valence-corrected chi connectivity index (χ2v) is 5.18. The van der Waals surface area contributed by atoms with E-state index in [9.17, 15) is 9.59 Å². The molecule has 1 atom stereocenters. The number of hydrogen-bond donors (Lipinski definition) is 3. The number of nitrogens with one attached hydrogen (secondary N) is 2. The Hall–Kier alpha value is -1.63. The zero-order valence-electron chi connectivity index (χ0n) is 10.5. The lowest BCUT2D eigenvalue weighted by atomic mass is 10.1. The number of aliphatic carboxylic acids is 1. The van der Waals surface area contributed by atoms with Gasteiger partial charge in [0.2, 0.25) is 0 Å². The van der Waals surface area contributed by atoms with E-state index in [-0.39, 0.29) is 18.4 Å². The second-order valence-electron chi connectivity index (χ2n) is 4.26. The summed E-state index contributed by atoms with van der Waals surface area (Å²) in [5.41, 5.74) is 0.588. The Morgan fingerprint density at radius 2 is 2.21 bits per heavy atom. The Kier molecular flexibility index (Phi) is 6.27. The molecule has 1 unspecified atom stereocenters. The number of carboxylic acid groups (broad SMARTS) is 1. The molecule has 0 radical (unpaired) electrons. The fraction of sp³-hybridized carbons (Fsp3) is 0.417. The molecule has 0 saturated heterocycles. The van der Waals surface area contributed by atoms with Crippen molar-refractivity contribution in [3.63, 3.8) is 0 Å². The van der Waals surface area contributed by atoms with Crippen molar-refractivity contribution in [1.82, 2.24) is 10.3 Å². The first-order valence-corrected chi connectivity index (χ1v) is 6.64. The van der Waals surface area contributed by atoms with Gasteiger partial charge in [0.05, 0.1) is 11.9 Å². The summed E-state index contributed by atoms with van der Waals surface area (Å²) in [7, 11) is 0. The van der Waals surface area contributed by atoms with Crippen LogP contribution in [-0.2, 0) is 4.79 Å². The monoisotopic (exact) mass is 329 g/mol. The second kappa shape index (κ2) is 7.73. The standard InChI is InChI=1S/C12H16BrN3O3/c1-8(2-3-11(17)18)5-15-12(19)16-10-4-9(13)6-14-7-10/h4,6-8H,2-3,5H2,1H3,(H,17,18)(H2,15,16,19). The summed E-state index contributed by atoms with van der Waals surface area (Å²) < 4.78 is 0.778. The molecule has 7 heteroatoms. The molecule has 1 aromatic heterocycles. The first-order valence-electron chi connectivity index (χ1n) is 5.84. The van der Waals surface area contributed by atoms with Gasteiger partial charge < -0.3 is 15.7 Å². The first-order chi connectivity index (χ1) is 8.97. The fourth-order valence-electron chi connectivity index (χ4n) is 1.39. The third-order valence-electron chi connectivity index (χ3n) is 2.42. The number of rotatable bonds is 6. The molecule has 1 rings (SSSR count). The predicted molar refractivity (Wildman–Crippen MR) is 75.0 cm³/mol. The highest BCUT2D eigenvalue weighted by atomic mass is 79.9. The lowest BCUT2D eigenvalue weighted by Gasteiger charge is -2.12. The average molecular weight is 330 g/mol. The molecule has 0 fully saturated rings. The quantitative estimate of drug-likeness (QED) is 0.747. The minimum Gasteiger partial charge on any atom is -0.481 e. The summed E-state index contributed by atoms with van der Waals surface area (Å²) in [4.78, 5) is 25.9. The van der Waals surface area contributed by atoms with Gasteiger partial charge in [-0.15, -0.1) is 0 Å². The van der Waals surface area contributed by atoms with Crippen molar-refractivity contribution in [3.05, 3.63) is 22.9 Å². The minimum absolute atomic E-state index is 0.111. The van der Waals surface area contributed by atoms with Gasteiger partial charge in [0.15, 0.2) is 0 Å². The van der Waals surface area contributed by atoms with E-state index in [4.69, 9.17) is 5.11 Å². The largest absolute Gasteiger partial charge is 0.481 e. The number of anilines is 1. The van der Waals surface area contributed by atoms with E-state index in [2.05, 4.69) is 31.5 Å². The Morgan fingerprint density at radius 1 is 1.47 bits per heavy atom. The molecule has 0 aliphatic heterocycles. The number of pyridine rings is 1. The Labute approximate surface area is 119 Å². The first kappa shape index (κ1) is 15.4. The molecule has 19 heavy (non-hydrogen) atoms. The molecule has 0 aliphatic rings. The van der Waals surface area contributed by atoms with Crippen LogP contribution in [0.4, 0.5) is 10.5 Å². The number of carbonyl (C=O) groups excluding carboxylic acids is 1. The van der Waals surface area contributed by atoms with Crippen molar-refractivity contribution < 1.29 is 14.7 Å². The lowest BCUT2D eigenvalue weighted by Crippen LogP contribution is -2.32. The van der Waals surface area contributed by atoms with Crippen molar-refractivity contribution in [3.8, 4) is 0 Å². The Morgan fingerprint density at radius 3 is 2.84 bits per heavy atom. The summed E-state index contributed by atoms with van der Waals surface area (Å²) in [6.45, 7) is 2.32. The maximum absolute atomic E-state index is 11.6. The Bertz CT molecular complexity index is 454. The van der Waals surface area contributed by atoms with Gasteiger partial charge in [0.1, 0.15) is 0 Å². The smallest absolute Gasteiger partial charge is 0.319 e. The van der Waals surface area contributed by atoms with Gasteiger partial charge >= 0.3 is 12.0 Å². The van der Waals surface area contributed by atoms with E-state index in [1.54, 1.807) is 12.3 Å². The van der Waals surface area contributed by atoms with Gasteiger partial charge in [0, 0.05) is 23.6 Å². The third-order valence-corrected chi connectivity index (χ3v) is 2.86. The van der Waals surface area contributed by atoms with Crippen LogP contribution in [0, 0.1) is 5.92 Å². The van der Waals surface area contributed by atoms with Crippen LogP contribution in [0.25, 0.3) is 0 Å². The molecule has 104 valence electrons. The van der Waals surface area contributed by atoms with Crippen molar-refractivity contribution in [2.75, 3.05) is 11.9 Å². The highest BCUT2D eigenvalue weighted by Crippen LogP contribution is 2.13. The van der Waals surface area contributed by atoms with Crippen molar-refractivity contribution in [1.29, 1.82) is 0 Å². The van der Waals surface area contributed by atoms with E-state index in [1.165, 1.54) is 6.20 Å². The molecule has 1 aromatic rings. The Balaban J connectivity index is 2.30. The number of aromatic nitrogens is 1. The fourth-order valence-corrected chi connectivity index (χ4v) is 1.76. The summed E-state index contributed by atoms with van der Waals surface area (Å²) >= 11 is 3.26. The van der Waals surface area contributed by atoms with E-state index in [1.807, 2.05) is 6.92 Å². The summed E-state index contributed by atoms with van der Waals surface area (Å²) in [5.74, 6) is -0.709. The maximum Gasteiger partial charge on any atom is 0.319 e. The average Bonchev–Trinajstić information content (AvgIpc) is 2.34. The molecule has 6 nitrogen and oxygen atoms in total. The summed E-state index contributed by atoms with van der Waals surface area (Å²) in [5, 5.41) is 13.9. The third kappa shape index (κ3) is 6.76. The number of halogens is 1. The van der Waals surface area contributed by atoms with Crippen molar-refractivity contribution in [2.45, 2.75) is 19.8 Å². The molecular weight excluding hydrogens is 314 g/mol. The van der Waals surface area contributed by atoms with E-state index in [0.717, 1.165) is 4.47 Å². The molecule has 0 bridgehead atoms. The van der Waals surface area contributed by atoms with Crippen LogP contribution in [0.1, 0.15) is 19.8 Å². The highest BCUT2D eigenvalue weighted by Gasteiger charge is 2.08. The van der Waals surface area contributed by atoms with Gasteiger partial charge in [-0.3, -0.25) is 9.78 Å². The molecule has 0 aliphatic carbocycles.